The molecule has 0 radical (unpaired) electrons. The van der Waals surface area contributed by atoms with Crippen LogP contribution < -0.4 is 5.32 Å². The normalized spacial score (nSPS) is 14.7. The van der Waals surface area contributed by atoms with Crippen molar-refractivity contribution in [1.29, 1.82) is 0 Å². The quantitative estimate of drug-likeness (QED) is 0.741. The lowest BCUT2D eigenvalue weighted by Gasteiger charge is -2.36. The Hall–Kier alpha value is -3.13. The number of carbonyl (C=O) groups is 1. The molecule has 3 heterocycles. The fraction of sp³-hybridized carbons (Fsp3) is 0.316. The first kappa shape index (κ1) is 17.3. The van der Waals surface area contributed by atoms with Crippen LogP contribution in [0, 0.1) is 13.8 Å². The Balaban J connectivity index is 1.30. The van der Waals surface area contributed by atoms with Gasteiger partial charge in [0.15, 0.2) is 0 Å². The predicted molar refractivity (Wildman–Crippen MR) is 99.1 cm³/mol. The number of nitrogens with one attached hydrogen (secondary N) is 1. The molecule has 138 valence electrons. The lowest BCUT2D eigenvalue weighted by atomic mass is 10.0. The molecule has 4 rings (SSSR count). The number of likely N-dealkylation sites (tertiary alicyclic amines) is 1. The van der Waals surface area contributed by atoms with E-state index in [0.717, 1.165) is 16.8 Å². The summed E-state index contributed by atoms with van der Waals surface area (Å²) in [6.45, 7) is 5.80. The number of rotatable bonds is 5. The van der Waals surface area contributed by atoms with Crippen molar-refractivity contribution in [2.45, 2.75) is 19.8 Å². The predicted octanol–water partition coefficient (Wildman–Crippen LogP) is 2.18. The molecular formula is C19H20N6O2. The molecule has 1 aliphatic heterocycles. The molecule has 0 aliphatic carbocycles. The van der Waals surface area contributed by atoms with E-state index in [1.807, 2.05) is 32.0 Å². The minimum absolute atomic E-state index is 0.0204. The van der Waals surface area contributed by atoms with Gasteiger partial charge in [-0.25, -0.2) is 4.98 Å². The van der Waals surface area contributed by atoms with Crippen LogP contribution in [0.25, 0.3) is 11.5 Å². The van der Waals surface area contributed by atoms with E-state index in [2.05, 4.69) is 30.3 Å². The number of anilines is 1. The summed E-state index contributed by atoms with van der Waals surface area (Å²) in [5, 5.41) is 6.95. The molecule has 0 atom stereocenters. The summed E-state index contributed by atoms with van der Waals surface area (Å²) in [5.74, 6) is 1.12. The molecule has 1 aromatic carbocycles. The van der Waals surface area contributed by atoms with Gasteiger partial charge in [0.1, 0.15) is 5.69 Å². The van der Waals surface area contributed by atoms with Gasteiger partial charge in [-0.2, -0.15) is 4.98 Å². The summed E-state index contributed by atoms with van der Waals surface area (Å²) in [6, 6.07) is 5.90. The van der Waals surface area contributed by atoms with Crippen LogP contribution in [0.1, 0.15) is 22.9 Å². The first-order valence-electron chi connectivity index (χ1n) is 8.78. The van der Waals surface area contributed by atoms with Gasteiger partial charge in [0, 0.05) is 31.2 Å². The molecule has 3 aromatic rings. The Labute approximate surface area is 156 Å². The number of aromatic nitrogens is 4. The molecule has 1 amide bonds. The van der Waals surface area contributed by atoms with Gasteiger partial charge in [0.25, 0.3) is 0 Å². The summed E-state index contributed by atoms with van der Waals surface area (Å²) in [5.41, 5.74) is 3.70. The maximum absolute atomic E-state index is 12.3. The minimum atomic E-state index is -0.0204. The number of carbonyl (C=O) groups excluding carboxylic acids is 1. The third kappa shape index (κ3) is 3.70. The second kappa shape index (κ2) is 7.24. The van der Waals surface area contributed by atoms with Gasteiger partial charge >= 0.3 is 0 Å². The molecule has 1 aliphatic rings. The standard InChI is InChI=1S/C19H20N6O2/c1-12-4-3-5-15(13(12)2)22-17(26)11-25-9-14(10-25)19-23-18(24-27-19)16-8-20-6-7-21-16/h3-8,14H,9-11H2,1-2H3,(H,22,26). The van der Waals surface area contributed by atoms with Crippen LogP contribution >= 0.6 is 0 Å². The van der Waals surface area contributed by atoms with Gasteiger partial charge in [-0.15, -0.1) is 0 Å². The Morgan fingerprint density at radius 1 is 1.30 bits per heavy atom. The lowest BCUT2D eigenvalue weighted by Crippen LogP contribution is -2.48. The van der Waals surface area contributed by atoms with Gasteiger partial charge in [-0.3, -0.25) is 14.7 Å². The second-order valence-electron chi connectivity index (χ2n) is 6.73. The second-order valence-corrected chi connectivity index (χ2v) is 6.73. The van der Waals surface area contributed by atoms with Crippen molar-refractivity contribution in [3.05, 3.63) is 53.8 Å². The largest absolute Gasteiger partial charge is 0.339 e. The van der Waals surface area contributed by atoms with Crippen molar-refractivity contribution in [2.24, 2.45) is 0 Å². The number of benzene rings is 1. The molecule has 0 spiro atoms. The van der Waals surface area contributed by atoms with Crippen LogP contribution in [0.2, 0.25) is 0 Å². The Morgan fingerprint density at radius 2 is 2.15 bits per heavy atom. The number of hydrogen-bond donors (Lipinski definition) is 1. The zero-order valence-corrected chi connectivity index (χ0v) is 15.2. The zero-order chi connectivity index (χ0) is 18.8. The summed E-state index contributed by atoms with van der Waals surface area (Å²) >= 11 is 0. The van der Waals surface area contributed by atoms with Crippen LogP contribution in [-0.4, -0.2) is 50.5 Å². The third-order valence-corrected chi connectivity index (χ3v) is 4.79. The molecule has 0 bridgehead atoms. The highest BCUT2D eigenvalue weighted by Crippen LogP contribution is 2.27. The smallest absolute Gasteiger partial charge is 0.238 e. The lowest BCUT2D eigenvalue weighted by molar-refractivity contribution is -0.118. The van der Waals surface area contributed by atoms with E-state index >= 15 is 0 Å². The Morgan fingerprint density at radius 3 is 2.93 bits per heavy atom. The fourth-order valence-electron chi connectivity index (χ4n) is 3.05. The highest BCUT2D eigenvalue weighted by atomic mass is 16.5. The van der Waals surface area contributed by atoms with E-state index in [1.165, 1.54) is 0 Å². The van der Waals surface area contributed by atoms with E-state index in [4.69, 9.17) is 4.52 Å². The molecule has 8 nitrogen and oxygen atoms in total. The number of aryl methyl sites for hydroxylation is 1. The zero-order valence-electron chi connectivity index (χ0n) is 15.2. The van der Waals surface area contributed by atoms with Crippen molar-refractivity contribution in [3.63, 3.8) is 0 Å². The van der Waals surface area contributed by atoms with E-state index in [0.29, 0.717) is 37.0 Å². The number of nitrogens with zero attached hydrogens (tertiary/aromatic N) is 5. The molecule has 0 unspecified atom stereocenters. The Bertz CT molecular complexity index is 950. The summed E-state index contributed by atoms with van der Waals surface area (Å²) in [7, 11) is 0. The number of hydrogen-bond acceptors (Lipinski definition) is 7. The van der Waals surface area contributed by atoms with Gasteiger partial charge in [-0.05, 0) is 31.0 Å². The van der Waals surface area contributed by atoms with Gasteiger partial charge in [0.05, 0.1) is 18.7 Å². The van der Waals surface area contributed by atoms with E-state index in [1.54, 1.807) is 18.6 Å². The molecule has 27 heavy (non-hydrogen) atoms. The van der Waals surface area contributed by atoms with Crippen LogP contribution in [0.3, 0.4) is 0 Å². The number of amides is 1. The van der Waals surface area contributed by atoms with E-state index in [-0.39, 0.29) is 11.8 Å². The SMILES string of the molecule is Cc1cccc(NC(=O)CN2CC(c3nc(-c4cnccn4)no3)C2)c1C. The average molecular weight is 364 g/mol. The van der Waals surface area contributed by atoms with Crippen molar-refractivity contribution < 1.29 is 9.32 Å². The highest BCUT2D eigenvalue weighted by Gasteiger charge is 2.33. The van der Waals surface area contributed by atoms with Crippen molar-refractivity contribution in [3.8, 4) is 11.5 Å². The summed E-state index contributed by atoms with van der Waals surface area (Å²) < 4.78 is 5.34. The molecule has 2 aromatic heterocycles. The Kier molecular flexibility index (Phi) is 4.64. The van der Waals surface area contributed by atoms with E-state index < -0.39 is 0 Å². The molecule has 0 saturated carbocycles. The monoisotopic (exact) mass is 364 g/mol. The van der Waals surface area contributed by atoms with Crippen molar-refractivity contribution >= 4 is 11.6 Å². The van der Waals surface area contributed by atoms with Crippen LogP contribution in [0.15, 0.2) is 41.3 Å². The first-order valence-corrected chi connectivity index (χ1v) is 8.78. The van der Waals surface area contributed by atoms with Gasteiger partial charge < -0.3 is 9.84 Å². The summed E-state index contributed by atoms with van der Waals surface area (Å²) in [4.78, 5) is 26.9. The third-order valence-electron chi connectivity index (χ3n) is 4.79. The van der Waals surface area contributed by atoms with Gasteiger partial charge in [0.2, 0.25) is 17.6 Å². The average Bonchev–Trinajstić information content (AvgIpc) is 3.12. The molecule has 1 fully saturated rings. The molecular weight excluding hydrogens is 344 g/mol. The van der Waals surface area contributed by atoms with Crippen molar-refractivity contribution in [1.82, 2.24) is 25.0 Å². The fourth-order valence-corrected chi connectivity index (χ4v) is 3.05. The molecule has 1 saturated heterocycles. The van der Waals surface area contributed by atoms with Gasteiger partial charge in [-0.1, -0.05) is 17.3 Å². The maximum atomic E-state index is 12.3. The van der Waals surface area contributed by atoms with Crippen molar-refractivity contribution in [2.75, 3.05) is 25.0 Å². The van der Waals surface area contributed by atoms with E-state index in [9.17, 15) is 4.79 Å². The first-order chi connectivity index (χ1) is 13.1. The molecule has 1 N–H and O–H groups in total. The van der Waals surface area contributed by atoms with Crippen LogP contribution in [0.5, 0.6) is 0 Å². The molecule has 8 heteroatoms. The summed E-state index contributed by atoms with van der Waals surface area (Å²) in [6.07, 6.45) is 4.78. The highest BCUT2D eigenvalue weighted by molar-refractivity contribution is 5.93. The van der Waals surface area contributed by atoms with Crippen LogP contribution in [0.4, 0.5) is 5.69 Å². The minimum Gasteiger partial charge on any atom is -0.339 e. The maximum Gasteiger partial charge on any atom is 0.238 e. The van der Waals surface area contributed by atoms with Crippen LogP contribution in [-0.2, 0) is 4.79 Å². The topological polar surface area (TPSA) is 97.0 Å².